The van der Waals surface area contributed by atoms with E-state index in [1.54, 1.807) is 6.08 Å². The molecule has 3 heteroatoms. The molecule has 0 aromatic carbocycles. The molecular formula is C4H6N2O. The molecule has 0 saturated carbocycles. The summed E-state index contributed by atoms with van der Waals surface area (Å²) < 4.78 is 0. The molecule has 0 radical (unpaired) electrons. The van der Waals surface area contributed by atoms with Gasteiger partial charge in [-0.15, -0.1) is 0 Å². The lowest BCUT2D eigenvalue weighted by molar-refractivity contribution is 0.223. The third-order valence-corrected chi connectivity index (χ3v) is 0.792. The zero-order valence-electron chi connectivity index (χ0n) is 3.70. The first-order valence-corrected chi connectivity index (χ1v) is 1.97. The van der Waals surface area contributed by atoms with Crippen molar-refractivity contribution in [1.82, 2.24) is 0 Å². The van der Waals surface area contributed by atoms with E-state index >= 15 is 0 Å². The number of hydrogen-bond donors (Lipinski definition) is 2. The molecule has 1 rings (SSSR count). The first-order valence-electron chi connectivity index (χ1n) is 1.97. The van der Waals surface area contributed by atoms with Crippen LogP contribution in [0.3, 0.4) is 0 Å². The lowest BCUT2D eigenvalue weighted by atomic mass is 10.4. The standard InChI is InChI=1S/C4H6N2O/c5-3-1-2-6-4(3)7/h1-2,4,7H,5H2. The van der Waals surface area contributed by atoms with E-state index in [1.807, 2.05) is 0 Å². The highest BCUT2D eigenvalue weighted by Crippen LogP contribution is 1.99. The number of hydrogen-bond acceptors (Lipinski definition) is 3. The monoisotopic (exact) mass is 98.0 g/mol. The smallest absolute Gasteiger partial charge is 0.185 e. The van der Waals surface area contributed by atoms with Crippen molar-refractivity contribution in [2.75, 3.05) is 0 Å². The normalized spacial score (nSPS) is 28.1. The van der Waals surface area contributed by atoms with Crippen LogP contribution in [0, 0.1) is 0 Å². The van der Waals surface area contributed by atoms with Crippen LogP contribution in [0.15, 0.2) is 16.8 Å². The molecule has 0 fully saturated rings. The molecule has 3 N–H and O–H groups in total. The molecule has 0 spiro atoms. The SMILES string of the molecule is NC1=CC=NC1O. The van der Waals surface area contributed by atoms with E-state index in [9.17, 15) is 0 Å². The van der Waals surface area contributed by atoms with Gasteiger partial charge in [-0.05, 0) is 6.08 Å². The maximum absolute atomic E-state index is 8.61. The minimum absolute atomic E-state index is 0.417. The second kappa shape index (κ2) is 1.35. The molecule has 0 saturated heterocycles. The molecule has 0 aromatic rings. The second-order valence-corrected chi connectivity index (χ2v) is 1.34. The number of rotatable bonds is 0. The number of aliphatic imine (C=N–C) groups is 1. The Hall–Kier alpha value is -0.830. The molecule has 0 amide bonds. The van der Waals surface area contributed by atoms with Gasteiger partial charge >= 0.3 is 0 Å². The molecule has 0 aliphatic carbocycles. The molecule has 3 nitrogen and oxygen atoms in total. The molecule has 0 bridgehead atoms. The average Bonchev–Trinajstić information content (AvgIpc) is 1.91. The van der Waals surface area contributed by atoms with Crippen LogP contribution < -0.4 is 5.73 Å². The summed E-state index contributed by atoms with van der Waals surface area (Å²) in [5.74, 6) is 0. The first kappa shape index (κ1) is 4.33. The lowest BCUT2D eigenvalue weighted by Crippen LogP contribution is -2.10. The van der Waals surface area contributed by atoms with Crippen molar-refractivity contribution in [3.63, 3.8) is 0 Å². The summed E-state index contributed by atoms with van der Waals surface area (Å²) in [6.45, 7) is 0. The lowest BCUT2D eigenvalue weighted by Gasteiger charge is -1.95. The highest BCUT2D eigenvalue weighted by molar-refractivity contribution is 5.75. The maximum Gasteiger partial charge on any atom is 0.185 e. The Balaban J connectivity index is 2.69. The number of allylic oxidation sites excluding steroid dienone is 1. The summed E-state index contributed by atoms with van der Waals surface area (Å²) in [6.07, 6.45) is 2.28. The van der Waals surface area contributed by atoms with Crippen molar-refractivity contribution in [3.05, 3.63) is 11.8 Å². The van der Waals surface area contributed by atoms with Crippen LogP contribution in [0.5, 0.6) is 0 Å². The van der Waals surface area contributed by atoms with Gasteiger partial charge in [-0.2, -0.15) is 0 Å². The highest BCUT2D eigenvalue weighted by Gasteiger charge is 2.05. The molecule has 1 aliphatic heterocycles. The van der Waals surface area contributed by atoms with E-state index < -0.39 is 6.23 Å². The third-order valence-electron chi connectivity index (χ3n) is 0.792. The van der Waals surface area contributed by atoms with Gasteiger partial charge in [-0.1, -0.05) is 0 Å². The van der Waals surface area contributed by atoms with Crippen molar-refractivity contribution in [1.29, 1.82) is 0 Å². The molecule has 1 aliphatic rings. The number of aliphatic hydroxyl groups excluding tert-OH is 1. The second-order valence-electron chi connectivity index (χ2n) is 1.34. The largest absolute Gasteiger partial charge is 0.398 e. The van der Waals surface area contributed by atoms with Crippen molar-refractivity contribution < 1.29 is 5.11 Å². The van der Waals surface area contributed by atoms with E-state index in [0.717, 1.165) is 0 Å². The average molecular weight is 98.1 g/mol. The topological polar surface area (TPSA) is 58.6 Å². The fourth-order valence-corrected chi connectivity index (χ4v) is 0.383. The zero-order valence-corrected chi connectivity index (χ0v) is 3.70. The van der Waals surface area contributed by atoms with Gasteiger partial charge in [0.05, 0.1) is 5.70 Å². The Labute approximate surface area is 41.2 Å². The van der Waals surface area contributed by atoms with E-state index in [4.69, 9.17) is 10.8 Å². The zero-order chi connectivity index (χ0) is 5.28. The van der Waals surface area contributed by atoms with E-state index in [-0.39, 0.29) is 0 Å². The van der Waals surface area contributed by atoms with Crippen LogP contribution in [-0.2, 0) is 0 Å². The Kier molecular flexibility index (Phi) is 0.834. The Bertz CT molecular complexity index is 128. The molecule has 1 heterocycles. The van der Waals surface area contributed by atoms with Crippen LogP contribution >= 0.6 is 0 Å². The summed E-state index contributed by atoms with van der Waals surface area (Å²) in [6, 6.07) is 0. The molecule has 1 unspecified atom stereocenters. The Morgan fingerprint density at radius 3 is 2.71 bits per heavy atom. The quantitative estimate of drug-likeness (QED) is 0.418. The van der Waals surface area contributed by atoms with Crippen LogP contribution in [0.2, 0.25) is 0 Å². The summed E-state index contributed by atoms with van der Waals surface area (Å²) in [4.78, 5) is 3.53. The third kappa shape index (κ3) is 0.618. The predicted molar refractivity (Wildman–Crippen MR) is 26.8 cm³/mol. The van der Waals surface area contributed by atoms with E-state index in [0.29, 0.717) is 5.70 Å². The summed E-state index contributed by atoms with van der Waals surface area (Å²) in [7, 11) is 0. The predicted octanol–water partition coefficient (Wildman–Crippen LogP) is -0.768. The van der Waals surface area contributed by atoms with Gasteiger partial charge in [0.25, 0.3) is 0 Å². The fourth-order valence-electron chi connectivity index (χ4n) is 0.383. The first-order chi connectivity index (χ1) is 3.30. The van der Waals surface area contributed by atoms with Gasteiger partial charge in [-0.3, -0.25) is 4.99 Å². The molecule has 0 aromatic heterocycles. The van der Waals surface area contributed by atoms with Gasteiger partial charge in [0.15, 0.2) is 6.23 Å². The highest BCUT2D eigenvalue weighted by atomic mass is 16.3. The number of nitrogens with two attached hydrogens (primary N) is 1. The van der Waals surface area contributed by atoms with Crippen molar-refractivity contribution in [3.8, 4) is 0 Å². The summed E-state index contributed by atoms with van der Waals surface area (Å²) in [5, 5.41) is 8.61. The van der Waals surface area contributed by atoms with E-state index in [1.165, 1.54) is 6.21 Å². The van der Waals surface area contributed by atoms with Crippen molar-refractivity contribution in [2.24, 2.45) is 10.7 Å². The molecule has 1 atom stereocenters. The maximum atomic E-state index is 8.61. The minimum atomic E-state index is -0.778. The van der Waals surface area contributed by atoms with Gasteiger partial charge in [-0.25, -0.2) is 0 Å². The Morgan fingerprint density at radius 1 is 1.86 bits per heavy atom. The number of aliphatic hydroxyl groups is 1. The Morgan fingerprint density at radius 2 is 2.57 bits per heavy atom. The van der Waals surface area contributed by atoms with Gasteiger partial charge in [0, 0.05) is 6.21 Å². The fraction of sp³-hybridized carbons (Fsp3) is 0.250. The summed E-state index contributed by atoms with van der Waals surface area (Å²) in [5.41, 5.74) is 5.58. The van der Waals surface area contributed by atoms with Crippen LogP contribution in [0.1, 0.15) is 0 Å². The molecule has 38 valence electrons. The molecular weight excluding hydrogens is 92.1 g/mol. The van der Waals surface area contributed by atoms with Crippen LogP contribution in [0.4, 0.5) is 0 Å². The van der Waals surface area contributed by atoms with Crippen molar-refractivity contribution >= 4 is 6.21 Å². The van der Waals surface area contributed by atoms with Crippen LogP contribution in [-0.4, -0.2) is 17.5 Å². The van der Waals surface area contributed by atoms with E-state index in [2.05, 4.69) is 4.99 Å². The van der Waals surface area contributed by atoms with Crippen LogP contribution in [0.25, 0.3) is 0 Å². The summed E-state index contributed by atoms with van der Waals surface area (Å²) >= 11 is 0. The number of nitrogens with zero attached hydrogens (tertiary/aromatic N) is 1. The van der Waals surface area contributed by atoms with Gasteiger partial charge < -0.3 is 10.8 Å². The molecule has 7 heavy (non-hydrogen) atoms. The van der Waals surface area contributed by atoms with Gasteiger partial charge in [0.1, 0.15) is 0 Å². The van der Waals surface area contributed by atoms with Crippen molar-refractivity contribution in [2.45, 2.75) is 6.23 Å². The van der Waals surface area contributed by atoms with Gasteiger partial charge in [0.2, 0.25) is 0 Å². The minimum Gasteiger partial charge on any atom is -0.398 e.